The van der Waals surface area contributed by atoms with Crippen molar-refractivity contribution in [2.45, 2.75) is 13.8 Å². The Hall–Kier alpha value is -3.39. The summed E-state index contributed by atoms with van der Waals surface area (Å²) < 4.78 is 1.70. The molecule has 0 radical (unpaired) electrons. The highest BCUT2D eigenvalue weighted by Crippen LogP contribution is 2.26. The van der Waals surface area contributed by atoms with Crippen LogP contribution in [0, 0.1) is 6.92 Å². The molecule has 0 spiro atoms. The second-order valence-corrected chi connectivity index (χ2v) is 8.12. The summed E-state index contributed by atoms with van der Waals surface area (Å²) in [4.78, 5) is 31.4. The molecular formula is C23H23N5O2S. The second kappa shape index (κ2) is 8.77. The summed E-state index contributed by atoms with van der Waals surface area (Å²) in [6.07, 6.45) is 3.60. The molecule has 1 aliphatic heterocycles. The van der Waals surface area contributed by atoms with Crippen LogP contribution in [-0.4, -0.2) is 44.0 Å². The molecule has 0 bridgehead atoms. The number of fused-ring (bicyclic) bond motifs is 1. The molecule has 2 aromatic carbocycles. The summed E-state index contributed by atoms with van der Waals surface area (Å²) in [6.45, 7) is 4.27. The molecule has 31 heavy (non-hydrogen) atoms. The van der Waals surface area contributed by atoms with E-state index >= 15 is 0 Å². The Morgan fingerprint density at radius 1 is 1.19 bits per heavy atom. The minimum atomic E-state index is -0.164. The van der Waals surface area contributed by atoms with Crippen molar-refractivity contribution >= 4 is 51.3 Å². The van der Waals surface area contributed by atoms with Gasteiger partial charge in [0.15, 0.2) is 5.17 Å². The van der Waals surface area contributed by atoms with E-state index in [0.29, 0.717) is 17.4 Å². The van der Waals surface area contributed by atoms with Gasteiger partial charge in [0.05, 0.1) is 11.4 Å². The van der Waals surface area contributed by atoms with Gasteiger partial charge in [-0.2, -0.15) is 5.10 Å². The van der Waals surface area contributed by atoms with E-state index in [1.54, 1.807) is 15.7 Å². The van der Waals surface area contributed by atoms with Crippen molar-refractivity contribution in [1.82, 2.24) is 14.7 Å². The van der Waals surface area contributed by atoms with Gasteiger partial charge in [0, 0.05) is 36.4 Å². The number of thioether (sulfide) groups is 1. The van der Waals surface area contributed by atoms with E-state index in [1.165, 1.54) is 11.8 Å². The molecular weight excluding hydrogens is 410 g/mol. The summed E-state index contributed by atoms with van der Waals surface area (Å²) in [5.41, 5.74) is 2.81. The number of carbonyl (C=O) groups is 2. The number of nitrogens with zero attached hydrogens (tertiary/aromatic N) is 4. The predicted molar refractivity (Wildman–Crippen MR) is 126 cm³/mol. The largest absolute Gasteiger partial charge is 0.325 e. The maximum absolute atomic E-state index is 12.8. The number of aryl methyl sites for hydroxylation is 2. The van der Waals surface area contributed by atoms with E-state index < -0.39 is 0 Å². The summed E-state index contributed by atoms with van der Waals surface area (Å²) in [7, 11) is 1.84. The fourth-order valence-corrected chi connectivity index (χ4v) is 4.34. The molecule has 2 heterocycles. The third kappa shape index (κ3) is 4.39. The molecule has 158 valence electrons. The number of amidine groups is 1. The standard InChI is InChI=1S/C23H23N5O2S/c1-4-28-22(30)20(12-17-13-27(3)26-15(17)2)25-23(28)31-14-21(29)24-19-11-7-9-16-8-5-6-10-18(16)19/h5-13H,4,14H2,1-3H3,(H,24,29). The summed E-state index contributed by atoms with van der Waals surface area (Å²) in [5, 5.41) is 9.86. The average Bonchev–Trinajstić information content (AvgIpc) is 3.24. The number of carbonyl (C=O) groups excluding carboxylic acids is 2. The number of rotatable bonds is 5. The van der Waals surface area contributed by atoms with Gasteiger partial charge in [-0.25, -0.2) is 4.99 Å². The van der Waals surface area contributed by atoms with Crippen LogP contribution in [0.25, 0.3) is 16.8 Å². The number of amides is 2. The number of aromatic nitrogens is 2. The van der Waals surface area contributed by atoms with Crippen LogP contribution in [0.5, 0.6) is 0 Å². The van der Waals surface area contributed by atoms with Crippen LogP contribution in [0.2, 0.25) is 0 Å². The SMILES string of the molecule is CCN1C(=O)C(=Cc2cn(C)nc2C)N=C1SCC(=O)Nc1cccc2ccccc12. The van der Waals surface area contributed by atoms with E-state index in [1.807, 2.05) is 69.6 Å². The Labute approximate surface area is 184 Å². The molecule has 1 aromatic heterocycles. The zero-order valence-electron chi connectivity index (χ0n) is 17.6. The van der Waals surface area contributed by atoms with Gasteiger partial charge in [0.25, 0.3) is 5.91 Å². The molecule has 0 saturated carbocycles. The van der Waals surface area contributed by atoms with Crippen LogP contribution in [-0.2, 0) is 16.6 Å². The molecule has 1 aliphatic rings. The van der Waals surface area contributed by atoms with Crippen molar-refractivity contribution in [3.05, 3.63) is 65.6 Å². The highest BCUT2D eigenvalue weighted by Gasteiger charge is 2.30. The molecule has 1 N–H and O–H groups in total. The van der Waals surface area contributed by atoms with E-state index in [4.69, 9.17) is 0 Å². The lowest BCUT2D eigenvalue weighted by Crippen LogP contribution is -2.31. The lowest BCUT2D eigenvalue weighted by atomic mass is 10.1. The van der Waals surface area contributed by atoms with E-state index in [9.17, 15) is 9.59 Å². The van der Waals surface area contributed by atoms with E-state index in [2.05, 4.69) is 15.4 Å². The Kier molecular flexibility index (Phi) is 5.90. The fourth-order valence-electron chi connectivity index (χ4n) is 3.48. The molecule has 3 aromatic rings. The predicted octanol–water partition coefficient (Wildman–Crippen LogP) is 3.81. The number of hydrogen-bond acceptors (Lipinski definition) is 5. The summed E-state index contributed by atoms with van der Waals surface area (Å²) in [6, 6.07) is 13.7. The highest BCUT2D eigenvalue weighted by molar-refractivity contribution is 8.14. The first-order chi connectivity index (χ1) is 15.0. The Balaban J connectivity index is 1.48. The van der Waals surface area contributed by atoms with Crippen molar-refractivity contribution in [2.24, 2.45) is 12.0 Å². The zero-order chi connectivity index (χ0) is 22.0. The third-order valence-electron chi connectivity index (χ3n) is 4.97. The fraction of sp³-hybridized carbons (Fsp3) is 0.217. The maximum atomic E-state index is 12.8. The third-order valence-corrected chi connectivity index (χ3v) is 5.94. The summed E-state index contributed by atoms with van der Waals surface area (Å²) in [5.74, 6) is -0.152. The van der Waals surface area contributed by atoms with Gasteiger partial charge in [-0.15, -0.1) is 0 Å². The van der Waals surface area contributed by atoms with Gasteiger partial charge in [-0.1, -0.05) is 48.2 Å². The second-order valence-electron chi connectivity index (χ2n) is 7.18. The van der Waals surface area contributed by atoms with Crippen LogP contribution in [0.3, 0.4) is 0 Å². The number of likely N-dealkylation sites (N-methyl/N-ethyl adjacent to an activating group) is 1. The van der Waals surface area contributed by atoms with Gasteiger partial charge in [-0.05, 0) is 31.4 Å². The van der Waals surface area contributed by atoms with Crippen molar-refractivity contribution in [2.75, 3.05) is 17.6 Å². The lowest BCUT2D eigenvalue weighted by molar-refractivity contribution is -0.122. The first-order valence-corrected chi connectivity index (χ1v) is 11.0. The average molecular weight is 434 g/mol. The van der Waals surface area contributed by atoms with Gasteiger partial charge in [0.2, 0.25) is 5.91 Å². The molecule has 0 atom stereocenters. The van der Waals surface area contributed by atoms with Crippen LogP contribution in [0.15, 0.2) is 59.4 Å². The van der Waals surface area contributed by atoms with Crippen LogP contribution in [0.1, 0.15) is 18.2 Å². The molecule has 4 rings (SSSR count). The topological polar surface area (TPSA) is 79.6 Å². The van der Waals surface area contributed by atoms with Crippen LogP contribution < -0.4 is 5.32 Å². The van der Waals surface area contributed by atoms with E-state index in [-0.39, 0.29) is 17.6 Å². The van der Waals surface area contributed by atoms with Crippen LogP contribution in [0.4, 0.5) is 5.69 Å². The zero-order valence-corrected chi connectivity index (χ0v) is 18.4. The lowest BCUT2D eigenvalue weighted by Gasteiger charge is -2.15. The number of aliphatic imine (C=N–C) groups is 1. The Bertz CT molecular complexity index is 1220. The number of nitrogens with one attached hydrogen (secondary N) is 1. The minimum absolute atomic E-state index is 0.145. The molecule has 0 fully saturated rings. The molecule has 0 saturated heterocycles. The Morgan fingerprint density at radius 2 is 1.97 bits per heavy atom. The molecule has 7 nitrogen and oxygen atoms in total. The van der Waals surface area contributed by atoms with Crippen molar-refractivity contribution < 1.29 is 9.59 Å². The van der Waals surface area contributed by atoms with Gasteiger partial charge in [0.1, 0.15) is 5.70 Å². The number of anilines is 1. The molecule has 0 unspecified atom stereocenters. The normalized spacial score (nSPS) is 15.1. The quantitative estimate of drug-likeness (QED) is 0.621. The molecule has 8 heteroatoms. The highest BCUT2D eigenvalue weighted by atomic mass is 32.2. The van der Waals surface area contributed by atoms with E-state index in [0.717, 1.165) is 27.7 Å². The monoisotopic (exact) mass is 433 g/mol. The summed E-state index contributed by atoms with van der Waals surface area (Å²) >= 11 is 1.26. The smallest absolute Gasteiger partial charge is 0.278 e. The van der Waals surface area contributed by atoms with Crippen molar-refractivity contribution in [3.63, 3.8) is 0 Å². The van der Waals surface area contributed by atoms with Gasteiger partial charge in [-0.3, -0.25) is 19.2 Å². The number of benzene rings is 2. The minimum Gasteiger partial charge on any atom is -0.325 e. The van der Waals surface area contributed by atoms with Crippen molar-refractivity contribution in [1.29, 1.82) is 0 Å². The number of hydrogen-bond donors (Lipinski definition) is 1. The first-order valence-electron chi connectivity index (χ1n) is 9.99. The first kappa shape index (κ1) is 20.9. The maximum Gasteiger partial charge on any atom is 0.278 e. The van der Waals surface area contributed by atoms with Crippen molar-refractivity contribution in [3.8, 4) is 0 Å². The molecule has 0 aliphatic carbocycles. The molecule has 2 amide bonds. The van der Waals surface area contributed by atoms with Crippen LogP contribution >= 0.6 is 11.8 Å². The van der Waals surface area contributed by atoms with Gasteiger partial charge >= 0.3 is 0 Å². The van der Waals surface area contributed by atoms with Gasteiger partial charge < -0.3 is 5.32 Å². The Morgan fingerprint density at radius 3 is 2.71 bits per heavy atom.